The second-order valence-electron chi connectivity index (χ2n) is 8.44. The van der Waals surface area contributed by atoms with E-state index in [9.17, 15) is 14.0 Å². The zero-order valence-electron chi connectivity index (χ0n) is 19.6. The molecule has 36 heavy (non-hydrogen) atoms. The minimum Gasteiger partial charge on any atom is -0.331 e. The zero-order chi connectivity index (χ0) is 25.2. The van der Waals surface area contributed by atoms with Crippen LogP contribution >= 0.6 is 0 Å². The molecule has 4 heterocycles. The predicted octanol–water partition coefficient (Wildman–Crippen LogP) is 2.85. The molecular weight excluding hydrogens is 465 g/mol. The van der Waals surface area contributed by atoms with Crippen LogP contribution in [0.5, 0.6) is 0 Å². The first-order chi connectivity index (χ1) is 17.4. The normalized spacial score (nSPS) is 17.2. The SMILES string of the molecule is Cc1c(-c2ccn(C)c(=O)c2)nn(-c2ccccc2)c1NC(=O)NC1CNO[C@H]1c1ccnc(F)c1. The molecule has 1 aromatic carbocycles. The van der Waals surface area contributed by atoms with E-state index in [0.29, 0.717) is 34.7 Å². The monoisotopic (exact) mass is 489 g/mol. The number of urea groups is 1. The van der Waals surface area contributed by atoms with E-state index >= 15 is 0 Å². The Hall–Kier alpha value is -4.35. The van der Waals surface area contributed by atoms with Crippen LogP contribution in [-0.4, -0.2) is 37.9 Å². The minimum absolute atomic E-state index is 0.166. The number of anilines is 1. The van der Waals surface area contributed by atoms with Crippen LogP contribution in [0, 0.1) is 12.9 Å². The zero-order valence-corrected chi connectivity index (χ0v) is 19.6. The number of hydroxylamine groups is 1. The highest BCUT2D eigenvalue weighted by atomic mass is 19.1. The smallest absolute Gasteiger partial charge is 0.320 e. The summed E-state index contributed by atoms with van der Waals surface area (Å²) < 4.78 is 16.7. The number of aromatic nitrogens is 4. The standard InChI is InChI=1S/C25H24FN7O3/c1-15-22(16-9-11-32(2)21(34)13-16)31-33(18-6-4-3-5-7-18)24(15)30-25(35)29-19-14-28-36-23(19)17-8-10-27-20(26)12-17/h3-13,19,23,28H,14H2,1-2H3,(H2,29,30,35)/t19?,23-/m0/s1. The molecule has 2 atom stereocenters. The first-order valence-corrected chi connectivity index (χ1v) is 11.3. The third kappa shape index (κ3) is 4.61. The molecule has 1 saturated heterocycles. The van der Waals surface area contributed by atoms with Gasteiger partial charge in [-0.1, -0.05) is 18.2 Å². The Labute approximate surface area is 205 Å². The highest BCUT2D eigenvalue weighted by Gasteiger charge is 2.32. The molecule has 3 N–H and O–H groups in total. The first kappa shape index (κ1) is 23.4. The van der Waals surface area contributed by atoms with Crippen molar-refractivity contribution in [3.63, 3.8) is 0 Å². The van der Waals surface area contributed by atoms with Gasteiger partial charge in [-0.2, -0.15) is 15.0 Å². The topological polar surface area (TPSA) is 115 Å². The second-order valence-corrected chi connectivity index (χ2v) is 8.44. The van der Waals surface area contributed by atoms with E-state index in [1.54, 1.807) is 30.1 Å². The van der Waals surface area contributed by atoms with E-state index in [0.717, 1.165) is 5.69 Å². The van der Waals surface area contributed by atoms with Crippen LogP contribution in [0.4, 0.5) is 15.0 Å². The van der Waals surface area contributed by atoms with E-state index in [1.807, 2.05) is 37.3 Å². The van der Waals surface area contributed by atoms with Gasteiger partial charge in [0.15, 0.2) is 0 Å². The first-order valence-electron chi connectivity index (χ1n) is 11.3. The van der Waals surface area contributed by atoms with Gasteiger partial charge in [0.05, 0.1) is 17.4 Å². The average Bonchev–Trinajstić information content (AvgIpc) is 3.46. The predicted molar refractivity (Wildman–Crippen MR) is 131 cm³/mol. The number of nitrogens with one attached hydrogen (secondary N) is 3. The van der Waals surface area contributed by atoms with E-state index < -0.39 is 24.1 Å². The molecule has 0 spiro atoms. The lowest BCUT2D eigenvalue weighted by atomic mass is 10.0. The molecule has 1 aliphatic rings. The van der Waals surface area contributed by atoms with Crippen LogP contribution in [0.2, 0.25) is 0 Å². The molecule has 10 nitrogen and oxygen atoms in total. The fourth-order valence-corrected chi connectivity index (χ4v) is 4.12. The van der Waals surface area contributed by atoms with Gasteiger partial charge in [0, 0.05) is 43.2 Å². The van der Waals surface area contributed by atoms with Gasteiger partial charge in [-0.3, -0.25) is 14.9 Å². The second kappa shape index (κ2) is 9.72. The van der Waals surface area contributed by atoms with Gasteiger partial charge in [0.2, 0.25) is 5.95 Å². The fraction of sp³-hybridized carbons (Fsp3) is 0.200. The lowest BCUT2D eigenvalue weighted by Crippen LogP contribution is -2.42. The number of rotatable bonds is 5. The molecule has 0 aliphatic carbocycles. The van der Waals surface area contributed by atoms with Gasteiger partial charge in [-0.15, -0.1) is 0 Å². The van der Waals surface area contributed by atoms with Gasteiger partial charge in [-0.05, 0) is 42.8 Å². The van der Waals surface area contributed by atoms with E-state index in [2.05, 4.69) is 21.1 Å². The Morgan fingerprint density at radius 3 is 2.75 bits per heavy atom. The Morgan fingerprint density at radius 2 is 2.00 bits per heavy atom. The number of nitrogens with zero attached hydrogens (tertiary/aromatic N) is 4. The lowest BCUT2D eigenvalue weighted by Gasteiger charge is -2.19. The number of halogens is 1. The minimum atomic E-state index is -0.628. The molecule has 4 aromatic rings. The Morgan fingerprint density at radius 1 is 1.19 bits per heavy atom. The van der Waals surface area contributed by atoms with E-state index in [1.165, 1.54) is 22.9 Å². The van der Waals surface area contributed by atoms with E-state index in [4.69, 9.17) is 9.94 Å². The largest absolute Gasteiger partial charge is 0.331 e. The van der Waals surface area contributed by atoms with Crippen molar-refractivity contribution in [3.05, 3.63) is 94.4 Å². The summed E-state index contributed by atoms with van der Waals surface area (Å²) >= 11 is 0. The maximum Gasteiger partial charge on any atom is 0.320 e. The third-order valence-corrected chi connectivity index (χ3v) is 6.01. The molecule has 1 fully saturated rings. The molecule has 1 unspecified atom stereocenters. The number of amides is 2. The molecule has 5 rings (SSSR count). The molecular formula is C25H24FN7O3. The van der Waals surface area contributed by atoms with Gasteiger partial charge < -0.3 is 9.88 Å². The number of hydrogen-bond acceptors (Lipinski definition) is 6. The summed E-state index contributed by atoms with van der Waals surface area (Å²) in [6, 6.07) is 14.6. The number of carbonyl (C=O) groups excluding carboxylic acids is 1. The Bertz CT molecular complexity index is 1470. The number of hydrogen-bond donors (Lipinski definition) is 3. The highest BCUT2D eigenvalue weighted by molar-refractivity contribution is 5.91. The molecule has 184 valence electrons. The van der Waals surface area contributed by atoms with Gasteiger partial charge in [0.25, 0.3) is 5.56 Å². The van der Waals surface area contributed by atoms with Crippen molar-refractivity contribution in [2.45, 2.75) is 19.1 Å². The Kier molecular flexibility index (Phi) is 6.32. The van der Waals surface area contributed by atoms with Crippen molar-refractivity contribution in [2.75, 3.05) is 11.9 Å². The van der Waals surface area contributed by atoms with Crippen LogP contribution in [0.3, 0.4) is 0 Å². The number of carbonyl (C=O) groups is 1. The summed E-state index contributed by atoms with van der Waals surface area (Å²) in [5.41, 5.74) is 5.79. The summed E-state index contributed by atoms with van der Waals surface area (Å²) in [7, 11) is 1.67. The summed E-state index contributed by atoms with van der Waals surface area (Å²) in [6.07, 6.45) is 2.43. The van der Waals surface area contributed by atoms with Crippen LogP contribution in [0.15, 0.2) is 71.8 Å². The van der Waals surface area contributed by atoms with Crippen molar-refractivity contribution >= 4 is 11.8 Å². The maximum absolute atomic E-state index is 13.6. The van der Waals surface area contributed by atoms with Gasteiger partial charge in [0.1, 0.15) is 11.9 Å². The average molecular weight is 490 g/mol. The molecule has 11 heteroatoms. The van der Waals surface area contributed by atoms with Crippen LogP contribution in [-0.2, 0) is 11.9 Å². The van der Waals surface area contributed by atoms with Crippen molar-refractivity contribution in [1.29, 1.82) is 0 Å². The van der Waals surface area contributed by atoms with Crippen molar-refractivity contribution < 1.29 is 14.0 Å². The molecule has 0 bridgehead atoms. The number of benzene rings is 1. The van der Waals surface area contributed by atoms with Crippen LogP contribution < -0.4 is 21.7 Å². The number of para-hydroxylation sites is 1. The third-order valence-electron chi connectivity index (χ3n) is 6.01. The van der Waals surface area contributed by atoms with Gasteiger partial charge >= 0.3 is 6.03 Å². The molecule has 0 radical (unpaired) electrons. The molecule has 2 amide bonds. The summed E-state index contributed by atoms with van der Waals surface area (Å²) in [4.78, 5) is 34.4. The summed E-state index contributed by atoms with van der Waals surface area (Å²) in [6.45, 7) is 2.16. The van der Waals surface area contributed by atoms with Crippen molar-refractivity contribution in [3.8, 4) is 16.9 Å². The maximum atomic E-state index is 13.6. The van der Waals surface area contributed by atoms with Crippen LogP contribution in [0.25, 0.3) is 16.9 Å². The number of pyridine rings is 2. The highest BCUT2D eigenvalue weighted by Crippen LogP contribution is 2.30. The Balaban J connectivity index is 1.45. The van der Waals surface area contributed by atoms with E-state index in [-0.39, 0.29) is 5.56 Å². The molecule has 0 saturated carbocycles. The summed E-state index contributed by atoms with van der Waals surface area (Å²) in [5.74, 6) is -0.176. The van der Waals surface area contributed by atoms with Crippen molar-refractivity contribution in [1.82, 2.24) is 30.1 Å². The number of aryl methyl sites for hydroxylation is 1. The lowest BCUT2D eigenvalue weighted by molar-refractivity contribution is 0.0277. The summed E-state index contributed by atoms with van der Waals surface area (Å²) in [5, 5.41) is 10.5. The molecule has 1 aliphatic heterocycles. The van der Waals surface area contributed by atoms with Gasteiger partial charge in [-0.25, -0.2) is 14.5 Å². The molecule has 3 aromatic heterocycles. The van der Waals surface area contributed by atoms with Crippen molar-refractivity contribution in [2.24, 2.45) is 7.05 Å². The van der Waals surface area contributed by atoms with Crippen LogP contribution in [0.1, 0.15) is 17.2 Å². The quantitative estimate of drug-likeness (QED) is 0.372. The fourth-order valence-electron chi connectivity index (χ4n) is 4.12.